The molecule has 1 aliphatic carbocycles. The average molecular weight is 232 g/mol. The second-order valence-corrected chi connectivity index (χ2v) is 5.20. The minimum Gasteiger partial charge on any atom is -0.388 e. The molecule has 0 atom stereocenters. The smallest absolute Gasteiger partial charge is 0.0911 e. The van der Waals surface area contributed by atoms with Gasteiger partial charge in [0.05, 0.1) is 11.5 Å². The van der Waals surface area contributed by atoms with Crippen molar-refractivity contribution in [2.24, 2.45) is 11.1 Å². The Kier molecular flexibility index (Phi) is 3.43. The van der Waals surface area contributed by atoms with Gasteiger partial charge in [-0.05, 0) is 37.4 Å². The number of hydrogen-bond donors (Lipinski definition) is 2. The van der Waals surface area contributed by atoms with Crippen LogP contribution in [0.3, 0.4) is 0 Å². The Morgan fingerprint density at radius 1 is 1.53 bits per heavy atom. The summed E-state index contributed by atoms with van der Waals surface area (Å²) in [6, 6.07) is 5.99. The fraction of sp³-hybridized carbons (Fsp3) is 0.538. The normalized spacial score (nSPS) is 17.1. The molecule has 0 bridgehead atoms. The van der Waals surface area contributed by atoms with Gasteiger partial charge in [-0.2, -0.15) is 0 Å². The maximum absolute atomic E-state index is 7.40. The second-order valence-electron chi connectivity index (χ2n) is 5.20. The minimum absolute atomic E-state index is 0.273. The molecule has 3 N–H and O–H groups in total. The van der Waals surface area contributed by atoms with Gasteiger partial charge in [0.25, 0.3) is 0 Å². The first-order valence-corrected chi connectivity index (χ1v) is 6.01. The summed E-state index contributed by atoms with van der Waals surface area (Å²) in [6.45, 7) is 1.86. The van der Waals surface area contributed by atoms with Gasteiger partial charge in [-0.1, -0.05) is 6.07 Å². The van der Waals surface area contributed by atoms with E-state index in [0.717, 1.165) is 25.2 Å². The lowest BCUT2D eigenvalue weighted by Gasteiger charge is -2.23. The van der Waals surface area contributed by atoms with Crippen LogP contribution in [0.15, 0.2) is 24.4 Å². The van der Waals surface area contributed by atoms with Gasteiger partial charge in [0.2, 0.25) is 0 Å². The van der Waals surface area contributed by atoms with E-state index in [2.05, 4.69) is 16.9 Å². The lowest BCUT2D eigenvalue weighted by molar-refractivity contribution is 0.256. The molecular formula is C13H20N4. The molecule has 4 nitrogen and oxygen atoms in total. The van der Waals surface area contributed by atoms with Gasteiger partial charge in [-0.15, -0.1) is 0 Å². The van der Waals surface area contributed by atoms with Gasteiger partial charge in [0.15, 0.2) is 0 Å². The summed E-state index contributed by atoms with van der Waals surface area (Å²) in [6.07, 6.45) is 4.95. The molecule has 0 radical (unpaired) electrons. The Hall–Kier alpha value is -1.42. The van der Waals surface area contributed by atoms with E-state index in [0.29, 0.717) is 5.84 Å². The van der Waals surface area contributed by atoms with E-state index in [4.69, 9.17) is 11.1 Å². The molecule has 1 saturated carbocycles. The molecule has 0 aliphatic heterocycles. The molecule has 0 spiro atoms. The lowest BCUT2D eigenvalue weighted by atomic mass is 10.0. The van der Waals surface area contributed by atoms with Crippen molar-refractivity contribution >= 4 is 5.84 Å². The third-order valence-corrected chi connectivity index (χ3v) is 3.29. The Balaban J connectivity index is 1.85. The summed E-state index contributed by atoms with van der Waals surface area (Å²) in [7, 11) is 2.11. The lowest BCUT2D eigenvalue weighted by Crippen LogP contribution is -2.29. The Morgan fingerprint density at radius 3 is 2.82 bits per heavy atom. The van der Waals surface area contributed by atoms with E-state index < -0.39 is 0 Å². The van der Waals surface area contributed by atoms with E-state index in [-0.39, 0.29) is 5.41 Å². The first kappa shape index (κ1) is 12.0. The second kappa shape index (κ2) is 4.84. The molecule has 1 aromatic rings. The molecule has 0 saturated heterocycles. The molecule has 4 heteroatoms. The van der Waals surface area contributed by atoms with Crippen molar-refractivity contribution in [3.8, 4) is 0 Å². The molecule has 92 valence electrons. The summed E-state index contributed by atoms with van der Waals surface area (Å²) in [5, 5.41) is 7.40. The molecule has 1 fully saturated rings. The van der Waals surface area contributed by atoms with Crippen molar-refractivity contribution in [2.45, 2.75) is 25.8 Å². The first-order chi connectivity index (χ1) is 8.10. The van der Waals surface area contributed by atoms with E-state index in [1.54, 1.807) is 0 Å². The Labute approximate surface area is 102 Å². The quantitative estimate of drug-likeness (QED) is 0.578. The average Bonchev–Trinajstić information content (AvgIpc) is 2.97. The summed E-state index contributed by atoms with van der Waals surface area (Å²) in [5.41, 5.74) is 6.86. The monoisotopic (exact) mass is 232 g/mol. The Bertz CT molecular complexity index is 384. The molecule has 0 aromatic carbocycles. The number of hydrogen-bond acceptors (Lipinski definition) is 3. The third kappa shape index (κ3) is 3.53. The van der Waals surface area contributed by atoms with Gasteiger partial charge in [-0.25, -0.2) is 0 Å². The standard InChI is InChI=1S/C13H20N4/c1-17(9-11-4-2-3-7-16-11)10-13(5-6-13)8-12(14)15/h2-4,7H,5-6,8-10H2,1H3,(H3,14,15). The first-order valence-electron chi connectivity index (χ1n) is 6.01. The maximum Gasteiger partial charge on any atom is 0.0911 e. The van der Waals surface area contributed by atoms with Gasteiger partial charge in [-0.3, -0.25) is 15.3 Å². The number of nitrogens with two attached hydrogens (primary N) is 1. The van der Waals surface area contributed by atoms with Crippen LogP contribution in [0.25, 0.3) is 0 Å². The van der Waals surface area contributed by atoms with Gasteiger partial charge in [0, 0.05) is 25.7 Å². The summed E-state index contributed by atoms with van der Waals surface area (Å²) in [4.78, 5) is 6.60. The van der Waals surface area contributed by atoms with Crippen molar-refractivity contribution < 1.29 is 0 Å². The zero-order chi connectivity index (χ0) is 12.3. The molecule has 0 amide bonds. The predicted octanol–water partition coefficient (Wildman–Crippen LogP) is 1.62. The number of rotatable bonds is 6. The van der Waals surface area contributed by atoms with Crippen LogP contribution in [0.2, 0.25) is 0 Å². The number of pyridine rings is 1. The van der Waals surface area contributed by atoms with Crippen molar-refractivity contribution in [1.29, 1.82) is 5.41 Å². The number of aromatic nitrogens is 1. The topological polar surface area (TPSA) is 66.0 Å². The highest BCUT2D eigenvalue weighted by atomic mass is 15.1. The van der Waals surface area contributed by atoms with Crippen LogP contribution < -0.4 is 5.73 Å². The van der Waals surface area contributed by atoms with Crippen LogP contribution >= 0.6 is 0 Å². The van der Waals surface area contributed by atoms with Gasteiger partial charge >= 0.3 is 0 Å². The van der Waals surface area contributed by atoms with E-state index in [9.17, 15) is 0 Å². The number of nitrogens with one attached hydrogen (secondary N) is 1. The highest BCUT2D eigenvalue weighted by molar-refractivity contribution is 5.78. The van der Waals surface area contributed by atoms with Gasteiger partial charge < -0.3 is 5.73 Å². The maximum atomic E-state index is 7.40. The SMILES string of the molecule is CN(Cc1ccccn1)CC1(CC(=N)N)CC1. The number of nitrogens with zero attached hydrogens (tertiary/aromatic N) is 2. The van der Waals surface area contributed by atoms with Crippen molar-refractivity contribution in [1.82, 2.24) is 9.88 Å². The number of amidine groups is 1. The van der Waals surface area contributed by atoms with Crippen LogP contribution in [0.5, 0.6) is 0 Å². The van der Waals surface area contributed by atoms with Crippen LogP contribution in [0.4, 0.5) is 0 Å². The highest BCUT2D eigenvalue weighted by Gasteiger charge is 2.43. The molecule has 1 heterocycles. The molecule has 0 unspecified atom stereocenters. The van der Waals surface area contributed by atoms with E-state index in [1.807, 2.05) is 24.4 Å². The largest absolute Gasteiger partial charge is 0.388 e. The molecule has 2 rings (SSSR count). The fourth-order valence-corrected chi connectivity index (χ4v) is 2.37. The van der Waals surface area contributed by atoms with Crippen molar-refractivity contribution in [2.75, 3.05) is 13.6 Å². The highest BCUT2D eigenvalue weighted by Crippen LogP contribution is 2.49. The van der Waals surface area contributed by atoms with Crippen LogP contribution in [-0.2, 0) is 6.54 Å². The van der Waals surface area contributed by atoms with E-state index in [1.165, 1.54) is 12.8 Å². The fourth-order valence-electron chi connectivity index (χ4n) is 2.37. The third-order valence-electron chi connectivity index (χ3n) is 3.29. The van der Waals surface area contributed by atoms with Gasteiger partial charge in [0.1, 0.15) is 0 Å². The van der Waals surface area contributed by atoms with Crippen molar-refractivity contribution in [3.05, 3.63) is 30.1 Å². The van der Waals surface area contributed by atoms with E-state index >= 15 is 0 Å². The summed E-state index contributed by atoms with van der Waals surface area (Å²) in [5.74, 6) is 0.314. The summed E-state index contributed by atoms with van der Waals surface area (Å²) >= 11 is 0. The molecule has 1 aliphatic rings. The van der Waals surface area contributed by atoms with Crippen LogP contribution in [-0.4, -0.2) is 29.3 Å². The molecular weight excluding hydrogens is 212 g/mol. The zero-order valence-corrected chi connectivity index (χ0v) is 10.3. The molecule has 1 aromatic heterocycles. The summed E-state index contributed by atoms with van der Waals surface area (Å²) < 4.78 is 0. The minimum atomic E-state index is 0.273. The zero-order valence-electron chi connectivity index (χ0n) is 10.3. The Morgan fingerprint density at radius 2 is 2.29 bits per heavy atom. The van der Waals surface area contributed by atoms with Crippen LogP contribution in [0, 0.1) is 10.8 Å². The molecule has 17 heavy (non-hydrogen) atoms. The van der Waals surface area contributed by atoms with Crippen LogP contribution in [0.1, 0.15) is 25.0 Å². The van der Waals surface area contributed by atoms with Crippen molar-refractivity contribution in [3.63, 3.8) is 0 Å². The predicted molar refractivity (Wildman–Crippen MR) is 68.8 cm³/mol.